The number of anilines is 1. The highest BCUT2D eigenvalue weighted by atomic mass is 35.5. The molecule has 190 valence electrons. The Morgan fingerprint density at radius 3 is 2.29 bits per heavy atom. The SMILES string of the molecule is N#C/C(C(N)=O)=c1/s/c(=C\c2cccc(NC(=O)c3ccc(Cl)cc3Cl)c2)c(=O)n1-c1ccc(Cl)cc1Cl. The number of rotatable bonds is 5. The van der Waals surface area contributed by atoms with E-state index in [1.165, 1.54) is 30.3 Å². The van der Waals surface area contributed by atoms with Crippen molar-refractivity contribution in [1.29, 1.82) is 5.26 Å². The number of carbonyl (C=O) groups excluding carboxylic acids is 2. The average Bonchev–Trinajstić information content (AvgIpc) is 3.14. The lowest BCUT2D eigenvalue weighted by atomic mass is 10.1. The Morgan fingerprint density at radius 1 is 0.974 bits per heavy atom. The highest BCUT2D eigenvalue weighted by Gasteiger charge is 2.17. The van der Waals surface area contributed by atoms with Gasteiger partial charge in [-0.2, -0.15) is 5.26 Å². The summed E-state index contributed by atoms with van der Waals surface area (Å²) in [7, 11) is 0. The second kappa shape index (κ2) is 11.4. The topological polar surface area (TPSA) is 118 Å². The van der Waals surface area contributed by atoms with Crippen LogP contribution in [0.1, 0.15) is 15.9 Å². The van der Waals surface area contributed by atoms with Crippen LogP contribution < -0.4 is 25.8 Å². The number of halogens is 4. The molecule has 0 bridgehead atoms. The van der Waals surface area contributed by atoms with Crippen molar-refractivity contribution in [3.63, 3.8) is 0 Å². The summed E-state index contributed by atoms with van der Waals surface area (Å²) >= 11 is 25.2. The number of nitrogens with one attached hydrogen (secondary N) is 1. The van der Waals surface area contributed by atoms with E-state index >= 15 is 0 Å². The van der Waals surface area contributed by atoms with Gasteiger partial charge in [-0.05, 0) is 60.2 Å². The number of amides is 2. The van der Waals surface area contributed by atoms with Crippen molar-refractivity contribution in [2.75, 3.05) is 5.32 Å². The number of hydrogen-bond acceptors (Lipinski definition) is 5. The van der Waals surface area contributed by atoms with Gasteiger partial charge >= 0.3 is 0 Å². The van der Waals surface area contributed by atoms with E-state index < -0.39 is 22.9 Å². The van der Waals surface area contributed by atoms with Crippen molar-refractivity contribution in [3.05, 3.63) is 111 Å². The summed E-state index contributed by atoms with van der Waals surface area (Å²) in [6.07, 6.45) is 1.55. The molecule has 0 spiro atoms. The van der Waals surface area contributed by atoms with Crippen LogP contribution in [0, 0.1) is 11.3 Å². The van der Waals surface area contributed by atoms with Crippen molar-refractivity contribution in [2.24, 2.45) is 5.73 Å². The molecule has 0 aliphatic rings. The van der Waals surface area contributed by atoms with Crippen LogP contribution in [0.4, 0.5) is 5.69 Å². The molecule has 38 heavy (non-hydrogen) atoms. The predicted octanol–water partition coefficient (Wildman–Crippen LogP) is 4.75. The summed E-state index contributed by atoms with van der Waals surface area (Å²) in [5.74, 6) is -1.44. The quantitative estimate of drug-likeness (QED) is 0.342. The van der Waals surface area contributed by atoms with Gasteiger partial charge in [0.2, 0.25) is 0 Å². The molecule has 12 heteroatoms. The van der Waals surface area contributed by atoms with Crippen LogP contribution in [0.3, 0.4) is 0 Å². The molecule has 3 aromatic carbocycles. The lowest BCUT2D eigenvalue weighted by molar-refractivity contribution is -0.112. The number of primary amides is 1. The minimum Gasteiger partial charge on any atom is -0.365 e. The number of hydrogen-bond donors (Lipinski definition) is 2. The zero-order valence-electron chi connectivity index (χ0n) is 19.0. The maximum Gasteiger partial charge on any atom is 0.273 e. The van der Waals surface area contributed by atoms with Crippen molar-refractivity contribution < 1.29 is 9.59 Å². The van der Waals surface area contributed by atoms with Crippen molar-refractivity contribution in [2.45, 2.75) is 0 Å². The zero-order chi connectivity index (χ0) is 27.6. The Hall–Kier alpha value is -3.58. The fraction of sp³-hybridized carbons (Fsp3) is 0. The molecule has 4 rings (SSSR count). The molecular formula is C26H14Cl4N4O3S. The van der Waals surface area contributed by atoms with Gasteiger partial charge in [0.15, 0.2) is 5.57 Å². The van der Waals surface area contributed by atoms with Gasteiger partial charge in [0.25, 0.3) is 17.4 Å². The van der Waals surface area contributed by atoms with E-state index in [1.807, 2.05) is 0 Å². The van der Waals surface area contributed by atoms with E-state index in [-0.39, 0.29) is 30.5 Å². The highest BCUT2D eigenvalue weighted by molar-refractivity contribution is 7.07. The van der Waals surface area contributed by atoms with Crippen LogP contribution in [0.15, 0.2) is 65.5 Å². The fourth-order valence-corrected chi connectivity index (χ4v) is 5.56. The summed E-state index contributed by atoms with van der Waals surface area (Å²) < 4.78 is 1.35. The van der Waals surface area contributed by atoms with Gasteiger partial charge in [0, 0.05) is 15.7 Å². The summed E-state index contributed by atoms with van der Waals surface area (Å²) in [6, 6.07) is 17.5. The van der Waals surface area contributed by atoms with Crippen LogP contribution in [0.25, 0.3) is 17.3 Å². The minimum absolute atomic E-state index is 0.0160. The first-order chi connectivity index (χ1) is 18.1. The smallest absolute Gasteiger partial charge is 0.273 e. The number of nitrogens with zero attached hydrogens (tertiary/aromatic N) is 2. The fourth-order valence-electron chi connectivity index (χ4n) is 3.47. The van der Waals surface area contributed by atoms with Gasteiger partial charge in [-0.15, -0.1) is 11.3 Å². The van der Waals surface area contributed by atoms with Crippen molar-refractivity contribution in [1.82, 2.24) is 4.57 Å². The normalized spacial score (nSPS) is 12.1. The molecule has 0 saturated heterocycles. The van der Waals surface area contributed by atoms with E-state index in [0.717, 1.165) is 15.9 Å². The molecule has 2 amide bonds. The Labute approximate surface area is 239 Å². The first-order valence-electron chi connectivity index (χ1n) is 10.6. The number of thiazole rings is 1. The molecule has 0 aliphatic carbocycles. The number of carbonyl (C=O) groups is 2. The summed E-state index contributed by atoms with van der Waals surface area (Å²) in [5, 5.41) is 13.4. The van der Waals surface area contributed by atoms with Gasteiger partial charge in [-0.25, -0.2) is 0 Å². The Morgan fingerprint density at radius 2 is 1.66 bits per heavy atom. The van der Waals surface area contributed by atoms with Crippen LogP contribution >= 0.6 is 57.7 Å². The molecule has 0 unspecified atom stereocenters. The maximum atomic E-state index is 13.5. The molecule has 0 radical (unpaired) electrons. The Balaban J connectivity index is 1.83. The standard InChI is InChI=1S/C26H14Cl4N4O3S/c27-14-4-6-17(19(29)10-14)24(36)33-16-3-1-2-13(8-16)9-22-25(37)34(21-7-5-15(28)11-20(21)30)26(38-22)18(12-31)23(32)35/h1-11H,(H2,32,35)(H,33,36)/b22-9-,26-18-. The van der Waals surface area contributed by atoms with E-state index in [1.54, 1.807) is 42.5 Å². The summed E-state index contributed by atoms with van der Waals surface area (Å²) in [6.45, 7) is 0. The predicted molar refractivity (Wildman–Crippen MR) is 152 cm³/mol. The van der Waals surface area contributed by atoms with Gasteiger partial charge in [0.1, 0.15) is 10.7 Å². The summed E-state index contributed by atoms with van der Waals surface area (Å²) in [4.78, 5) is 38.1. The van der Waals surface area contributed by atoms with Gasteiger partial charge in [-0.3, -0.25) is 19.0 Å². The van der Waals surface area contributed by atoms with Crippen molar-refractivity contribution in [3.8, 4) is 11.8 Å². The molecular weight excluding hydrogens is 590 g/mol. The highest BCUT2D eigenvalue weighted by Crippen LogP contribution is 2.24. The molecule has 0 aliphatic heterocycles. The summed E-state index contributed by atoms with van der Waals surface area (Å²) in [5.41, 5.74) is 5.92. The molecule has 1 aromatic heterocycles. The van der Waals surface area contributed by atoms with Gasteiger partial charge in [-0.1, -0.05) is 58.5 Å². The largest absolute Gasteiger partial charge is 0.365 e. The van der Waals surface area contributed by atoms with E-state index in [4.69, 9.17) is 52.1 Å². The Kier molecular flexibility index (Phi) is 8.26. The Bertz CT molecular complexity index is 1840. The number of nitrogens with two attached hydrogens (primary N) is 1. The van der Waals surface area contributed by atoms with Crippen LogP contribution in [0.2, 0.25) is 20.1 Å². The first kappa shape index (κ1) is 27.5. The third kappa shape index (κ3) is 5.78. The second-order valence-corrected chi connectivity index (χ2v) is 10.4. The van der Waals surface area contributed by atoms with Crippen molar-refractivity contribution >= 4 is 86.9 Å². The third-order valence-corrected chi connectivity index (χ3v) is 7.34. The van der Waals surface area contributed by atoms with Crippen LogP contribution in [0.5, 0.6) is 0 Å². The number of aromatic nitrogens is 1. The number of nitriles is 1. The first-order valence-corrected chi connectivity index (χ1v) is 12.9. The van der Waals surface area contributed by atoms with Gasteiger partial charge in [0.05, 0.1) is 25.8 Å². The lowest BCUT2D eigenvalue weighted by Gasteiger charge is -2.07. The molecule has 0 atom stereocenters. The average molecular weight is 604 g/mol. The lowest BCUT2D eigenvalue weighted by Crippen LogP contribution is -2.32. The second-order valence-electron chi connectivity index (χ2n) is 7.71. The molecule has 4 aromatic rings. The molecule has 7 nitrogen and oxygen atoms in total. The monoisotopic (exact) mass is 602 g/mol. The van der Waals surface area contributed by atoms with E-state index in [0.29, 0.717) is 21.3 Å². The minimum atomic E-state index is -0.996. The maximum absolute atomic E-state index is 13.5. The van der Waals surface area contributed by atoms with Crippen LogP contribution in [-0.2, 0) is 4.79 Å². The number of benzene rings is 3. The molecule has 0 saturated carbocycles. The molecule has 0 fully saturated rings. The van der Waals surface area contributed by atoms with E-state index in [2.05, 4.69) is 5.32 Å². The van der Waals surface area contributed by atoms with Gasteiger partial charge < -0.3 is 11.1 Å². The molecule has 3 N–H and O–H groups in total. The third-order valence-electron chi connectivity index (χ3n) is 5.16. The molecule has 1 heterocycles. The van der Waals surface area contributed by atoms with E-state index in [9.17, 15) is 19.6 Å². The van der Waals surface area contributed by atoms with Crippen LogP contribution in [-0.4, -0.2) is 16.4 Å². The zero-order valence-corrected chi connectivity index (χ0v) is 22.8.